The maximum Gasteiger partial charge on any atom is 0.151 e. The lowest BCUT2D eigenvalue weighted by Crippen LogP contribution is -2.42. The molecule has 4 nitrogen and oxygen atoms in total. The van der Waals surface area contributed by atoms with E-state index in [1.165, 1.54) is 6.42 Å². The second kappa shape index (κ2) is 5.67. The van der Waals surface area contributed by atoms with Crippen LogP contribution in [0.3, 0.4) is 0 Å². The van der Waals surface area contributed by atoms with E-state index >= 15 is 0 Å². The minimum Gasteiger partial charge on any atom is -0.316 e. The first-order valence-corrected chi connectivity index (χ1v) is 8.56. The van der Waals surface area contributed by atoms with Crippen molar-refractivity contribution in [2.45, 2.75) is 19.8 Å². The van der Waals surface area contributed by atoms with Gasteiger partial charge >= 0.3 is 0 Å². The summed E-state index contributed by atoms with van der Waals surface area (Å²) in [6, 6.07) is 0. The van der Waals surface area contributed by atoms with Crippen LogP contribution < -0.4 is 5.32 Å². The van der Waals surface area contributed by atoms with Crippen molar-refractivity contribution in [2.24, 2.45) is 11.8 Å². The van der Waals surface area contributed by atoms with Gasteiger partial charge in [-0.1, -0.05) is 6.92 Å². The smallest absolute Gasteiger partial charge is 0.151 e. The number of nitrogens with one attached hydrogen (secondary N) is 1. The molecule has 1 N–H and O–H groups in total. The van der Waals surface area contributed by atoms with E-state index in [9.17, 15) is 8.42 Å². The van der Waals surface area contributed by atoms with Gasteiger partial charge < -0.3 is 10.2 Å². The molecule has 100 valence electrons. The summed E-state index contributed by atoms with van der Waals surface area (Å²) >= 11 is 0. The van der Waals surface area contributed by atoms with Gasteiger partial charge in [-0.05, 0) is 44.3 Å². The molecule has 2 aliphatic heterocycles. The number of fused-ring (bicyclic) bond motifs is 1. The average molecular weight is 260 g/mol. The Morgan fingerprint density at radius 2 is 2.00 bits per heavy atom. The highest BCUT2D eigenvalue weighted by Gasteiger charge is 2.32. The lowest BCUT2D eigenvalue weighted by molar-refractivity contribution is 0.156. The maximum atomic E-state index is 11.7. The van der Waals surface area contributed by atoms with E-state index in [0.29, 0.717) is 11.5 Å². The highest BCUT2D eigenvalue weighted by Crippen LogP contribution is 2.26. The average Bonchev–Trinajstić information content (AvgIpc) is 2.73. The van der Waals surface area contributed by atoms with Crippen LogP contribution in [0.5, 0.6) is 0 Å². The number of rotatable bonds is 5. The van der Waals surface area contributed by atoms with E-state index in [0.717, 1.165) is 51.0 Å². The summed E-state index contributed by atoms with van der Waals surface area (Å²) in [5.74, 6) is 2.26. The molecule has 5 heteroatoms. The van der Waals surface area contributed by atoms with Crippen LogP contribution in [0.1, 0.15) is 19.8 Å². The van der Waals surface area contributed by atoms with E-state index in [-0.39, 0.29) is 0 Å². The Balaban J connectivity index is 1.77. The van der Waals surface area contributed by atoms with Crippen LogP contribution in [0.2, 0.25) is 0 Å². The van der Waals surface area contributed by atoms with Gasteiger partial charge in [0.15, 0.2) is 9.84 Å². The molecule has 0 aromatic rings. The summed E-state index contributed by atoms with van der Waals surface area (Å²) in [4.78, 5) is 2.33. The van der Waals surface area contributed by atoms with E-state index in [2.05, 4.69) is 10.2 Å². The van der Waals surface area contributed by atoms with Crippen molar-refractivity contribution in [3.63, 3.8) is 0 Å². The van der Waals surface area contributed by atoms with Crippen LogP contribution in [0.15, 0.2) is 0 Å². The fourth-order valence-electron chi connectivity index (χ4n) is 2.99. The van der Waals surface area contributed by atoms with Crippen molar-refractivity contribution < 1.29 is 8.42 Å². The summed E-state index contributed by atoms with van der Waals surface area (Å²) in [6.07, 6.45) is 1.96. The Hall–Kier alpha value is -0.130. The highest BCUT2D eigenvalue weighted by atomic mass is 32.2. The Bertz CT molecular complexity index is 342. The van der Waals surface area contributed by atoms with E-state index in [1.807, 2.05) is 6.92 Å². The zero-order valence-electron chi connectivity index (χ0n) is 10.7. The zero-order chi connectivity index (χ0) is 12.3. The third kappa shape index (κ3) is 3.66. The standard InChI is InChI=1S/C12H24N2O2S/c1-2-6-17(15,16)7-5-14-4-3-11-8-13-9-12(11)10-14/h11-13H,2-10H2,1H3. The molecule has 0 amide bonds. The number of piperidine rings is 1. The summed E-state index contributed by atoms with van der Waals surface area (Å²) in [5.41, 5.74) is 0. The number of sulfone groups is 1. The van der Waals surface area contributed by atoms with Gasteiger partial charge in [0, 0.05) is 18.8 Å². The molecular formula is C12H24N2O2S. The molecule has 2 fully saturated rings. The molecule has 0 saturated carbocycles. The van der Waals surface area contributed by atoms with Gasteiger partial charge in [0.05, 0.1) is 5.75 Å². The number of hydrogen-bond acceptors (Lipinski definition) is 4. The van der Waals surface area contributed by atoms with Gasteiger partial charge in [-0.25, -0.2) is 8.42 Å². The van der Waals surface area contributed by atoms with Gasteiger partial charge in [-0.3, -0.25) is 0 Å². The molecule has 2 aliphatic rings. The van der Waals surface area contributed by atoms with Crippen molar-refractivity contribution in [3.8, 4) is 0 Å². The first kappa shape index (κ1) is 13.3. The Morgan fingerprint density at radius 3 is 2.76 bits per heavy atom. The fourth-order valence-corrected chi connectivity index (χ4v) is 4.36. The number of nitrogens with zero attached hydrogens (tertiary/aromatic N) is 1. The van der Waals surface area contributed by atoms with Crippen molar-refractivity contribution in [3.05, 3.63) is 0 Å². The molecule has 2 unspecified atom stereocenters. The topological polar surface area (TPSA) is 49.4 Å². The maximum absolute atomic E-state index is 11.7. The third-order valence-electron chi connectivity index (χ3n) is 4.02. The molecule has 17 heavy (non-hydrogen) atoms. The third-order valence-corrected chi connectivity index (χ3v) is 5.86. The van der Waals surface area contributed by atoms with Gasteiger partial charge in [-0.2, -0.15) is 0 Å². The Labute approximate surface area is 105 Å². The van der Waals surface area contributed by atoms with Gasteiger partial charge in [0.1, 0.15) is 0 Å². The van der Waals surface area contributed by atoms with E-state index < -0.39 is 9.84 Å². The fraction of sp³-hybridized carbons (Fsp3) is 1.00. The predicted molar refractivity (Wildman–Crippen MR) is 69.9 cm³/mol. The van der Waals surface area contributed by atoms with Crippen LogP contribution in [0, 0.1) is 11.8 Å². The van der Waals surface area contributed by atoms with Gasteiger partial charge in [0.2, 0.25) is 0 Å². The Kier molecular flexibility index (Phi) is 4.44. The quantitative estimate of drug-likeness (QED) is 0.775. The SMILES string of the molecule is CCCS(=O)(=O)CCN1CCC2CNCC2C1. The summed E-state index contributed by atoms with van der Waals surface area (Å²) in [6.45, 7) is 7.08. The molecule has 0 aromatic heterocycles. The normalized spacial score (nSPS) is 30.4. The predicted octanol–water partition coefficient (Wildman–Crippen LogP) is 0.353. The second-order valence-electron chi connectivity index (χ2n) is 5.42. The number of hydrogen-bond donors (Lipinski definition) is 1. The van der Waals surface area contributed by atoms with Crippen LogP contribution >= 0.6 is 0 Å². The molecule has 2 heterocycles. The molecule has 2 atom stereocenters. The van der Waals surface area contributed by atoms with Crippen LogP contribution in [-0.4, -0.2) is 57.5 Å². The first-order chi connectivity index (χ1) is 8.11. The lowest BCUT2D eigenvalue weighted by Gasteiger charge is -2.34. The molecular weight excluding hydrogens is 236 g/mol. The van der Waals surface area contributed by atoms with Crippen LogP contribution in [-0.2, 0) is 9.84 Å². The van der Waals surface area contributed by atoms with Crippen LogP contribution in [0.25, 0.3) is 0 Å². The van der Waals surface area contributed by atoms with Crippen molar-refractivity contribution >= 4 is 9.84 Å². The number of likely N-dealkylation sites (tertiary alicyclic amines) is 1. The van der Waals surface area contributed by atoms with Gasteiger partial charge in [0.25, 0.3) is 0 Å². The highest BCUT2D eigenvalue weighted by molar-refractivity contribution is 7.91. The van der Waals surface area contributed by atoms with Crippen LogP contribution in [0.4, 0.5) is 0 Å². The monoisotopic (exact) mass is 260 g/mol. The van der Waals surface area contributed by atoms with Crippen molar-refractivity contribution in [1.29, 1.82) is 0 Å². The molecule has 0 spiro atoms. The molecule has 0 aromatic carbocycles. The summed E-state index contributed by atoms with van der Waals surface area (Å²) in [5, 5.41) is 3.43. The largest absolute Gasteiger partial charge is 0.316 e. The van der Waals surface area contributed by atoms with Crippen molar-refractivity contribution in [2.75, 3.05) is 44.2 Å². The zero-order valence-corrected chi connectivity index (χ0v) is 11.5. The second-order valence-corrected chi connectivity index (χ2v) is 7.72. The van der Waals surface area contributed by atoms with Crippen molar-refractivity contribution in [1.82, 2.24) is 10.2 Å². The Morgan fingerprint density at radius 1 is 1.24 bits per heavy atom. The minimum absolute atomic E-state index is 0.339. The van der Waals surface area contributed by atoms with E-state index in [4.69, 9.17) is 0 Å². The first-order valence-electron chi connectivity index (χ1n) is 6.74. The van der Waals surface area contributed by atoms with E-state index in [1.54, 1.807) is 0 Å². The molecule has 0 radical (unpaired) electrons. The molecule has 0 bridgehead atoms. The van der Waals surface area contributed by atoms with Gasteiger partial charge in [-0.15, -0.1) is 0 Å². The molecule has 0 aliphatic carbocycles. The summed E-state index contributed by atoms with van der Waals surface area (Å²) in [7, 11) is -2.81. The molecule has 2 saturated heterocycles. The minimum atomic E-state index is -2.81. The molecule has 2 rings (SSSR count). The summed E-state index contributed by atoms with van der Waals surface area (Å²) < 4.78 is 23.3. The lowest BCUT2D eigenvalue weighted by atomic mass is 9.89.